The Labute approximate surface area is 107 Å². The van der Waals surface area contributed by atoms with Crippen LogP contribution in [0.2, 0.25) is 0 Å². The summed E-state index contributed by atoms with van der Waals surface area (Å²) in [5.74, 6) is -0.235. The van der Waals surface area contributed by atoms with Crippen LogP contribution >= 0.6 is 15.9 Å². The van der Waals surface area contributed by atoms with Gasteiger partial charge in [0, 0.05) is 10.0 Å². The molecule has 3 heteroatoms. The van der Waals surface area contributed by atoms with Crippen molar-refractivity contribution >= 4 is 21.7 Å². The van der Waals surface area contributed by atoms with Gasteiger partial charge in [-0.1, -0.05) is 40.2 Å². The summed E-state index contributed by atoms with van der Waals surface area (Å²) >= 11 is 3.42. The number of benzene rings is 2. The smallest absolute Gasteiger partial charge is 0.159 e. The highest BCUT2D eigenvalue weighted by atomic mass is 79.9. The molecule has 1 nitrogen and oxygen atoms in total. The van der Waals surface area contributed by atoms with E-state index in [9.17, 15) is 9.18 Å². The number of hydrogen-bond acceptors (Lipinski definition) is 1. The van der Waals surface area contributed by atoms with Gasteiger partial charge in [0.1, 0.15) is 5.82 Å². The summed E-state index contributed by atoms with van der Waals surface area (Å²) in [7, 11) is 0. The summed E-state index contributed by atoms with van der Waals surface area (Å²) in [6, 6.07) is 11.7. The van der Waals surface area contributed by atoms with Gasteiger partial charge in [-0.3, -0.25) is 4.79 Å². The Morgan fingerprint density at radius 3 is 2.29 bits per heavy atom. The van der Waals surface area contributed by atoms with E-state index < -0.39 is 0 Å². The first-order chi connectivity index (χ1) is 8.08. The number of Topliss-reactive ketones (excluding diaryl/α,β-unsaturated/α-hetero) is 1. The maximum Gasteiger partial charge on any atom is 0.159 e. The molecule has 0 heterocycles. The van der Waals surface area contributed by atoms with Crippen molar-refractivity contribution in [1.29, 1.82) is 0 Å². The maximum atomic E-state index is 12.8. The molecule has 0 aliphatic rings. The number of halogens is 2. The molecule has 0 amide bonds. The summed E-state index contributed by atoms with van der Waals surface area (Å²) in [5, 5.41) is 0. The largest absolute Gasteiger partial charge is 0.295 e. The van der Waals surface area contributed by atoms with Gasteiger partial charge in [-0.05, 0) is 36.2 Å². The molecule has 0 saturated carbocycles. The van der Waals surface area contributed by atoms with E-state index in [0.717, 1.165) is 15.6 Å². The van der Waals surface area contributed by atoms with E-state index in [1.54, 1.807) is 24.3 Å². The maximum absolute atomic E-state index is 12.8. The zero-order chi connectivity index (χ0) is 12.4. The number of hydrogen-bond donors (Lipinski definition) is 0. The SMILES string of the molecule is CC(=O)c1ccc(-c2ccc(F)cc2)c(Br)c1. The molecule has 0 saturated heterocycles. The molecule has 2 aromatic rings. The molecule has 0 radical (unpaired) electrons. The van der Waals surface area contributed by atoms with Crippen LogP contribution in [0.3, 0.4) is 0 Å². The van der Waals surface area contributed by atoms with Crippen LogP contribution in [0.1, 0.15) is 17.3 Å². The zero-order valence-electron chi connectivity index (χ0n) is 9.21. The van der Waals surface area contributed by atoms with Gasteiger partial charge in [-0.2, -0.15) is 0 Å². The second-order valence-corrected chi connectivity index (χ2v) is 4.61. The fourth-order valence-electron chi connectivity index (χ4n) is 1.60. The third kappa shape index (κ3) is 2.61. The average Bonchev–Trinajstić information content (AvgIpc) is 2.30. The molecule has 0 aliphatic heterocycles. The molecule has 0 N–H and O–H groups in total. The predicted molar refractivity (Wildman–Crippen MR) is 69.5 cm³/mol. The van der Waals surface area contributed by atoms with Crippen molar-refractivity contribution < 1.29 is 9.18 Å². The molecule has 0 unspecified atom stereocenters. The van der Waals surface area contributed by atoms with E-state index in [1.807, 2.05) is 6.07 Å². The van der Waals surface area contributed by atoms with Crippen LogP contribution in [0.15, 0.2) is 46.9 Å². The molecule has 0 bridgehead atoms. The summed E-state index contributed by atoms with van der Waals surface area (Å²) in [5.41, 5.74) is 2.51. The molecule has 0 atom stereocenters. The van der Waals surface area contributed by atoms with Gasteiger partial charge in [-0.15, -0.1) is 0 Å². The first kappa shape index (κ1) is 12.0. The minimum atomic E-state index is -0.259. The second-order valence-electron chi connectivity index (χ2n) is 3.76. The van der Waals surface area contributed by atoms with E-state index in [4.69, 9.17) is 0 Å². The van der Waals surface area contributed by atoms with Gasteiger partial charge >= 0.3 is 0 Å². The lowest BCUT2D eigenvalue weighted by Crippen LogP contribution is -1.92. The first-order valence-electron chi connectivity index (χ1n) is 5.14. The monoisotopic (exact) mass is 292 g/mol. The molecular weight excluding hydrogens is 283 g/mol. The normalized spacial score (nSPS) is 10.3. The van der Waals surface area contributed by atoms with Gasteiger partial charge in [-0.25, -0.2) is 4.39 Å². The average molecular weight is 293 g/mol. The van der Waals surface area contributed by atoms with Crippen molar-refractivity contribution in [2.24, 2.45) is 0 Å². The van der Waals surface area contributed by atoms with E-state index in [1.165, 1.54) is 19.1 Å². The Morgan fingerprint density at radius 1 is 1.12 bits per heavy atom. The highest BCUT2D eigenvalue weighted by molar-refractivity contribution is 9.10. The second kappa shape index (κ2) is 4.80. The molecule has 0 aliphatic carbocycles. The van der Waals surface area contributed by atoms with Crippen LogP contribution in [0.25, 0.3) is 11.1 Å². The highest BCUT2D eigenvalue weighted by Gasteiger charge is 2.06. The molecule has 2 aromatic carbocycles. The van der Waals surface area contributed by atoms with Crippen molar-refractivity contribution in [3.8, 4) is 11.1 Å². The third-order valence-corrected chi connectivity index (χ3v) is 3.19. The molecule has 86 valence electrons. The molecule has 0 fully saturated rings. The van der Waals surface area contributed by atoms with Crippen LogP contribution < -0.4 is 0 Å². The molecule has 2 rings (SSSR count). The Kier molecular flexibility index (Phi) is 3.38. The number of carbonyl (C=O) groups is 1. The lowest BCUT2D eigenvalue weighted by Gasteiger charge is -2.06. The molecule has 0 aromatic heterocycles. The fraction of sp³-hybridized carbons (Fsp3) is 0.0714. The topological polar surface area (TPSA) is 17.1 Å². The van der Waals surface area contributed by atoms with Crippen molar-refractivity contribution in [3.63, 3.8) is 0 Å². The lowest BCUT2D eigenvalue weighted by molar-refractivity contribution is 0.101. The fourth-order valence-corrected chi connectivity index (χ4v) is 2.21. The van der Waals surface area contributed by atoms with Gasteiger partial charge < -0.3 is 0 Å². The van der Waals surface area contributed by atoms with Gasteiger partial charge in [0.2, 0.25) is 0 Å². The quantitative estimate of drug-likeness (QED) is 0.747. The summed E-state index contributed by atoms with van der Waals surface area (Å²) in [6.07, 6.45) is 0. The van der Waals surface area contributed by atoms with Crippen LogP contribution in [-0.2, 0) is 0 Å². The number of carbonyl (C=O) groups excluding carboxylic acids is 1. The number of rotatable bonds is 2. The van der Waals surface area contributed by atoms with Crippen molar-refractivity contribution in [2.45, 2.75) is 6.92 Å². The van der Waals surface area contributed by atoms with E-state index in [0.29, 0.717) is 5.56 Å². The Hall–Kier alpha value is -1.48. The van der Waals surface area contributed by atoms with Gasteiger partial charge in [0.05, 0.1) is 0 Å². The zero-order valence-corrected chi connectivity index (χ0v) is 10.8. The van der Waals surface area contributed by atoms with Gasteiger partial charge in [0.25, 0.3) is 0 Å². The summed E-state index contributed by atoms with van der Waals surface area (Å²) in [4.78, 5) is 11.2. The molecule has 17 heavy (non-hydrogen) atoms. The minimum absolute atomic E-state index is 0.0244. The molecular formula is C14H10BrFO. The van der Waals surface area contributed by atoms with E-state index >= 15 is 0 Å². The minimum Gasteiger partial charge on any atom is -0.295 e. The van der Waals surface area contributed by atoms with Crippen LogP contribution in [0, 0.1) is 5.82 Å². The standard InChI is InChI=1S/C14H10BrFO/c1-9(17)11-4-7-13(14(15)8-11)10-2-5-12(16)6-3-10/h2-8H,1H3. The van der Waals surface area contributed by atoms with Crippen molar-refractivity contribution in [1.82, 2.24) is 0 Å². The lowest BCUT2D eigenvalue weighted by atomic mass is 10.0. The van der Waals surface area contributed by atoms with Crippen LogP contribution in [0.5, 0.6) is 0 Å². The first-order valence-corrected chi connectivity index (χ1v) is 5.93. The predicted octanol–water partition coefficient (Wildman–Crippen LogP) is 4.46. The van der Waals surface area contributed by atoms with Crippen molar-refractivity contribution in [3.05, 3.63) is 58.3 Å². The van der Waals surface area contributed by atoms with E-state index in [2.05, 4.69) is 15.9 Å². The Morgan fingerprint density at radius 2 is 1.76 bits per heavy atom. The van der Waals surface area contributed by atoms with Crippen LogP contribution in [0.4, 0.5) is 4.39 Å². The van der Waals surface area contributed by atoms with Crippen molar-refractivity contribution in [2.75, 3.05) is 0 Å². The van der Waals surface area contributed by atoms with E-state index in [-0.39, 0.29) is 11.6 Å². The van der Waals surface area contributed by atoms with Crippen LogP contribution in [-0.4, -0.2) is 5.78 Å². The Balaban J connectivity index is 2.46. The number of ketones is 1. The third-order valence-electron chi connectivity index (χ3n) is 2.53. The summed E-state index contributed by atoms with van der Waals surface area (Å²) < 4.78 is 13.6. The molecule has 0 spiro atoms. The highest BCUT2D eigenvalue weighted by Crippen LogP contribution is 2.29. The summed E-state index contributed by atoms with van der Waals surface area (Å²) in [6.45, 7) is 1.53. The Bertz CT molecular complexity index is 561. The van der Waals surface area contributed by atoms with Gasteiger partial charge in [0.15, 0.2) is 5.78 Å².